The van der Waals surface area contributed by atoms with E-state index in [1.807, 2.05) is 24.3 Å². The van der Waals surface area contributed by atoms with Crippen molar-refractivity contribution in [3.05, 3.63) is 164 Å². The summed E-state index contributed by atoms with van der Waals surface area (Å²) in [7, 11) is 0. The molecular formula is C41H27BN6. The third-order valence-corrected chi connectivity index (χ3v) is 8.95. The Hall–Kier alpha value is -6.47. The Balaban J connectivity index is 1.30. The fourth-order valence-electron chi connectivity index (χ4n) is 6.68. The number of aromatic nitrogens is 5. The van der Waals surface area contributed by atoms with E-state index in [4.69, 9.17) is 15.0 Å². The average Bonchev–Trinajstić information content (AvgIpc) is 3.18. The van der Waals surface area contributed by atoms with Gasteiger partial charge in [-0.25, -0.2) is 15.0 Å². The van der Waals surface area contributed by atoms with E-state index in [2.05, 4.69) is 130 Å². The van der Waals surface area contributed by atoms with E-state index in [-0.39, 0.29) is 6.85 Å². The van der Waals surface area contributed by atoms with Crippen molar-refractivity contribution in [1.29, 1.82) is 0 Å². The molecule has 9 rings (SSSR count). The second-order valence-corrected chi connectivity index (χ2v) is 11.8. The van der Waals surface area contributed by atoms with Gasteiger partial charge in [-0.2, -0.15) is 0 Å². The van der Waals surface area contributed by atoms with Crippen LogP contribution in [0.4, 0.5) is 5.69 Å². The summed E-state index contributed by atoms with van der Waals surface area (Å²) in [6.07, 6.45) is 13.5. The van der Waals surface area contributed by atoms with Gasteiger partial charge in [-0.3, -0.25) is 9.97 Å². The van der Waals surface area contributed by atoms with Crippen molar-refractivity contribution in [2.45, 2.75) is 0 Å². The van der Waals surface area contributed by atoms with Gasteiger partial charge in [0.2, 0.25) is 0 Å². The fourth-order valence-corrected chi connectivity index (χ4v) is 6.68. The molecule has 0 atom stereocenters. The molecule has 48 heavy (non-hydrogen) atoms. The number of rotatable bonds is 5. The lowest BCUT2D eigenvalue weighted by Gasteiger charge is -2.38. The van der Waals surface area contributed by atoms with Gasteiger partial charge in [-0.15, -0.1) is 0 Å². The van der Waals surface area contributed by atoms with E-state index in [1.54, 1.807) is 24.8 Å². The van der Waals surface area contributed by atoms with Crippen LogP contribution in [0.25, 0.3) is 67.5 Å². The first-order valence-corrected chi connectivity index (χ1v) is 15.9. The molecule has 0 bridgehead atoms. The monoisotopic (exact) mass is 614 g/mol. The number of allylic oxidation sites excluding steroid dienone is 2. The standard InChI is InChI=1S/C41H27BN6/c1-3-9-28(10-4-1)32-13-14-34-36(26-32)42-19-7-8-24-48(42)37-27-33(25-35(38(34)37)29-11-5-2-6-12-29)41-46-39(30-15-20-43-21-16-30)45-40(47-41)31-17-22-44-23-18-31/h1-27H. The van der Waals surface area contributed by atoms with Crippen LogP contribution in [0, 0.1) is 0 Å². The second kappa shape index (κ2) is 11.7. The van der Waals surface area contributed by atoms with E-state index in [1.165, 1.54) is 27.7 Å². The van der Waals surface area contributed by atoms with Crippen LogP contribution < -0.4 is 10.3 Å². The zero-order valence-electron chi connectivity index (χ0n) is 25.8. The highest BCUT2D eigenvalue weighted by atomic mass is 15.1. The van der Waals surface area contributed by atoms with E-state index in [0.717, 1.165) is 33.5 Å². The predicted octanol–water partition coefficient (Wildman–Crippen LogP) is 8.30. The Kier molecular flexibility index (Phi) is 6.79. The van der Waals surface area contributed by atoms with Crippen LogP contribution in [0.2, 0.25) is 0 Å². The molecular weight excluding hydrogens is 587 g/mol. The highest BCUT2D eigenvalue weighted by Gasteiger charge is 2.35. The van der Waals surface area contributed by atoms with Gasteiger partial charge in [0.15, 0.2) is 17.5 Å². The maximum atomic E-state index is 5.06. The first-order chi connectivity index (χ1) is 23.8. The van der Waals surface area contributed by atoms with Crippen LogP contribution in [0.1, 0.15) is 0 Å². The molecule has 5 heterocycles. The zero-order chi connectivity index (χ0) is 31.9. The molecule has 2 aliphatic rings. The Morgan fingerprint density at radius 3 is 1.71 bits per heavy atom. The molecule has 4 aromatic carbocycles. The number of pyridine rings is 2. The molecule has 0 spiro atoms. The number of hydrogen-bond donors (Lipinski definition) is 0. The zero-order valence-corrected chi connectivity index (χ0v) is 25.8. The van der Waals surface area contributed by atoms with E-state index in [9.17, 15) is 0 Å². The summed E-state index contributed by atoms with van der Waals surface area (Å²) < 4.78 is 0. The van der Waals surface area contributed by atoms with Crippen LogP contribution >= 0.6 is 0 Å². The van der Waals surface area contributed by atoms with Crippen LogP contribution in [0.3, 0.4) is 0 Å². The summed E-state index contributed by atoms with van der Waals surface area (Å²) in [4.78, 5) is 25.8. The molecule has 7 aromatic rings. The van der Waals surface area contributed by atoms with Crippen molar-refractivity contribution < 1.29 is 0 Å². The molecule has 0 radical (unpaired) electrons. The highest BCUT2D eigenvalue weighted by molar-refractivity contribution is 6.84. The van der Waals surface area contributed by atoms with Gasteiger partial charge in [0, 0.05) is 52.7 Å². The minimum absolute atomic E-state index is 0.0400. The summed E-state index contributed by atoms with van der Waals surface area (Å²) >= 11 is 0. The minimum atomic E-state index is 0.0400. The highest BCUT2D eigenvalue weighted by Crippen LogP contribution is 2.46. The number of anilines is 1. The lowest BCUT2D eigenvalue weighted by molar-refractivity contribution is 1.07. The van der Waals surface area contributed by atoms with Crippen LogP contribution in [0.5, 0.6) is 0 Å². The third-order valence-electron chi connectivity index (χ3n) is 8.95. The Bertz CT molecular complexity index is 2290. The van der Waals surface area contributed by atoms with Gasteiger partial charge in [0.05, 0.1) is 0 Å². The smallest absolute Gasteiger partial charge is 0.320 e. The van der Waals surface area contributed by atoms with Crippen LogP contribution in [-0.4, -0.2) is 31.8 Å². The van der Waals surface area contributed by atoms with Gasteiger partial charge in [-0.05, 0) is 82.0 Å². The number of nitrogens with zero attached hydrogens (tertiary/aromatic N) is 6. The molecule has 224 valence electrons. The van der Waals surface area contributed by atoms with E-state index in [0.29, 0.717) is 17.5 Å². The van der Waals surface area contributed by atoms with Gasteiger partial charge in [0.25, 0.3) is 0 Å². The number of fused-ring (bicyclic) bond motifs is 6. The van der Waals surface area contributed by atoms with Gasteiger partial charge in [0.1, 0.15) is 0 Å². The van der Waals surface area contributed by atoms with Gasteiger partial charge < -0.3 is 4.81 Å². The summed E-state index contributed by atoms with van der Waals surface area (Å²) in [5.41, 5.74) is 12.1. The Labute approximate surface area is 279 Å². The molecule has 7 heteroatoms. The number of hydrogen-bond acceptors (Lipinski definition) is 6. The largest absolute Gasteiger partial charge is 0.383 e. The molecule has 0 saturated heterocycles. The molecule has 0 fully saturated rings. The lowest BCUT2D eigenvalue weighted by Crippen LogP contribution is -2.49. The maximum absolute atomic E-state index is 5.06. The first-order valence-electron chi connectivity index (χ1n) is 15.9. The molecule has 0 amide bonds. The molecule has 3 aromatic heterocycles. The normalized spacial score (nSPS) is 12.8. The molecule has 0 N–H and O–H groups in total. The van der Waals surface area contributed by atoms with Crippen molar-refractivity contribution in [2.24, 2.45) is 0 Å². The molecule has 0 unspecified atom stereocenters. The van der Waals surface area contributed by atoms with Gasteiger partial charge >= 0.3 is 6.85 Å². The summed E-state index contributed by atoms with van der Waals surface area (Å²) in [5.74, 6) is 4.05. The minimum Gasteiger partial charge on any atom is -0.383 e. The topological polar surface area (TPSA) is 67.7 Å². The lowest BCUT2D eigenvalue weighted by atomic mass is 9.49. The molecule has 0 saturated carbocycles. The van der Waals surface area contributed by atoms with Gasteiger partial charge in [-0.1, -0.05) is 90.9 Å². The summed E-state index contributed by atoms with van der Waals surface area (Å²) in [5, 5.41) is 0. The predicted molar refractivity (Wildman–Crippen MR) is 194 cm³/mol. The second-order valence-electron chi connectivity index (χ2n) is 11.8. The fraction of sp³-hybridized carbons (Fsp3) is 0. The van der Waals surface area contributed by atoms with Crippen molar-refractivity contribution in [3.8, 4) is 67.5 Å². The SMILES string of the molecule is C1=CB2c3cc(-c4ccccc4)ccc3-c3c(-c4ccccc4)cc(-c4nc(-c5ccncc5)nc(-c5ccncc5)n4)cc3N2C=C1. The van der Waals surface area contributed by atoms with Crippen molar-refractivity contribution >= 4 is 18.0 Å². The summed E-state index contributed by atoms with van der Waals surface area (Å²) in [6.45, 7) is 0.0400. The molecule has 0 aliphatic carbocycles. The Morgan fingerprint density at radius 2 is 1.06 bits per heavy atom. The number of benzene rings is 4. The average molecular weight is 615 g/mol. The quantitative estimate of drug-likeness (QED) is 0.182. The van der Waals surface area contributed by atoms with E-state index >= 15 is 0 Å². The third kappa shape index (κ3) is 4.89. The van der Waals surface area contributed by atoms with Crippen LogP contribution in [0.15, 0.2) is 164 Å². The molecule has 2 aliphatic heterocycles. The van der Waals surface area contributed by atoms with Crippen molar-refractivity contribution in [2.75, 3.05) is 4.81 Å². The van der Waals surface area contributed by atoms with Crippen LogP contribution in [-0.2, 0) is 0 Å². The van der Waals surface area contributed by atoms with Crippen molar-refractivity contribution in [1.82, 2.24) is 24.9 Å². The first kappa shape index (κ1) is 27.8. The van der Waals surface area contributed by atoms with Crippen molar-refractivity contribution in [3.63, 3.8) is 0 Å². The maximum Gasteiger partial charge on any atom is 0.320 e. The molecule has 6 nitrogen and oxygen atoms in total. The summed E-state index contributed by atoms with van der Waals surface area (Å²) in [6, 6.07) is 40.2. The van der Waals surface area contributed by atoms with E-state index < -0.39 is 0 Å². The Morgan fingerprint density at radius 1 is 0.458 bits per heavy atom.